The van der Waals surface area contributed by atoms with Gasteiger partial charge in [0, 0.05) is 12.8 Å². The van der Waals surface area contributed by atoms with Crippen LogP contribution in [0, 0.1) is 0 Å². The molecule has 5 nitrogen and oxygen atoms in total. The lowest BCUT2D eigenvalue weighted by Gasteiger charge is -2.00. The zero-order valence-electron chi connectivity index (χ0n) is 4.94. The summed E-state index contributed by atoms with van der Waals surface area (Å²) in [5, 5.41) is 0. The van der Waals surface area contributed by atoms with Gasteiger partial charge in [-0.25, -0.2) is 8.42 Å². The van der Waals surface area contributed by atoms with Gasteiger partial charge in [0.15, 0.2) is 0 Å². The Morgan fingerprint density at radius 1 is 1.10 bits per heavy atom. The van der Waals surface area contributed by atoms with Gasteiger partial charge >= 0.3 is 0 Å². The van der Waals surface area contributed by atoms with Crippen molar-refractivity contribution in [3.8, 4) is 0 Å². The molecule has 0 aromatic heterocycles. The summed E-state index contributed by atoms with van der Waals surface area (Å²) in [7, 11) is -3.05. The predicted octanol–water partition coefficient (Wildman–Crippen LogP) is -1.34. The fraction of sp³-hybridized carbons (Fsp3) is 0.500. The maximum atomic E-state index is 10.5. The Labute approximate surface area is 58.7 Å². The van der Waals surface area contributed by atoms with Crippen molar-refractivity contribution in [2.75, 3.05) is 0 Å². The summed E-state index contributed by atoms with van der Waals surface area (Å²) in [5.41, 5.74) is 0. The minimum Gasteiger partial charge on any atom is -0.273 e. The summed E-state index contributed by atoms with van der Waals surface area (Å²) in [6, 6.07) is 0. The molecule has 0 unspecified atom stereocenters. The molecule has 6 heteroatoms. The van der Waals surface area contributed by atoms with E-state index in [1.165, 1.54) is 0 Å². The van der Waals surface area contributed by atoms with Crippen molar-refractivity contribution in [2.45, 2.75) is 12.8 Å². The molecule has 0 aromatic carbocycles. The van der Waals surface area contributed by atoms with E-state index in [0.29, 0.717) is 0 Å². The molecule has 56 valence electrons. The molecule has 0 radical (unpaired) electrons. The van der Waals surface area contributed by atoms with Crippen molar-refractivity contribution in [3.05, 3.63) is 0 Å². The number of rotatable bonds is 1. The van der Waals surface area contributed by atoms with Gasteiger partial charge in [-0.05, 0) is 0 Å². The van der Waals surface area contributed by atoms with Crippen LogP contribution in [0.4, 0.5) is 0 Å². The minimum atomic E-state index is -3.05. The van der Waals surface area contributed by atoms with Crippen LogP contribution in [0.1, 0.15) is 12.8 Å². The third-order valence-electron chi connectivity index (χ3n) is 1.19. The largest absolute Gasteiger partial charge is 0.273 e. The van der Waals surface area contributed by atoms with E-state index in [2.05, 4.69) is 0 Å². The van der Waals surface area contributed by atoms with Crippen LogP contribution in [0.2, 0.25) is 0 Å². The minimum absolute atomic E-state index is 0.0160. The van der Waals surface area contributed by atoms with Crippen LogP contribution in [-0.4, -0.2) is 24.5 Å². The highest BCUT2D eigenvalue weighted by molar-refractivity contribution is 7.71. The van der Waals surface area contributed by atoms with Gasteiger partial charge in [-0.15, -0.1) is 0 Å². The first-order chi connectivity index (χ1) is 4.63. The molecule has 1 aliphatic rings. The van der Waals surface area contributed by atoms with Crippen LogP contribution in [0.3, 0.4) is 0 Å². The van der Waals surface area contributed by atoms with Gasteiger partial charge in [-0.3, -0.25) is 9.59 Å². The second-order valence-corrected chi connectivity index (χ2v) is 2.71. The first-order valence-electron chi connectivity index (χ1n) is 2.63. The van der Waals surface area contributed by atoms with E-state index in [4.69, 9.17) is 0 Å². The molecule has 0 aromatic rings. The van der Waals surface area contributed by atoms with Crippen LogP contribution in [-0.2, 0) is 20.5 Å². The summed E-state index contributed by atoms with van der Waals surface area (Å²) >= 11 is 0. The second kappa shape index (κ2) is 2.37. The molecule has 0 spiro atoms. The predicted molar refractivity (Wildman–Crippen MR) is 31.4 cm³/mol. The summed E-state index contributed by atoms with van der Waals surface area (Å²) in [6.45, 7) is 0. The third kappa shape index (κ3) is 1.02. The fourth-order valence-electron chi connectivity index (χ4n) is 0.747. The van der Waals surface area contributed by atoms with Gasteiger partial charge in [0.05, 0.1) is 0 Å². The van der Waals surface area contributed by atoms with Crippen molar-refractivity contribution < 1.29 is 18.0 Å². The molecule has 0 aliphatic carbocycles. The molecular formula is C4H5NO4S. The van der Waals surface area contributed by atoms with Crippen molar-refractivity contribution in [1.82, 2.24) is 4.31 Å². The molecule has 0 N–H and O–H groups in total. The van der Waals surface area contributed by atoms with Crippen molar-refractivity contribution in [2.24, 2.45) is 0 Å². The van der Waals surface area contributed by atoms with E-state index in [1.54, 1.807) is 0 Å². The Morgan fingerprint density at radius 3 is 1.70 bits per heavy atom. The fourth-order valence-corrected chi connectivity index (χ4v) is 1.31. The lowest BCUT2D eigenvalue weighted by Crippen LogP contribution is -2.26. The number of amides is 2. The maximum absolute atomic E-state index is 10.5. The lowest BCUT2D eigenvalue weighted by atomic mass is 10.4. The summed E-state index contributed by atoms with van der Waals surface area (Å²) in [6.07, 6.45) is 0.0320. The zero-order valence-corrected chi connectivity index (χ0v) is 5.84. The number of carbonyl (C=O) groups excluding carboxylic acids is 2. The Kier molecular flexibility index (Phi) is 1.71. The summed E-state index contributed by atoms with van der Waals surface area (Å²) in [4.78, 5) is 21.1. The van der Waals surface area contributed by atoms with Crippen molar-refractivity contribution >= 4 is 22.7 Å². The number of nitrogens with zero attached hydrogens (tertiary/aromatic N) is 1. The first kappa shape index (κ1) is 7.20. The van der Waals surface area contributed by atoms with Crippen molar-refractivity contribution in [1.29, 1.82) is 0 Å². The second-order valence-electron chi connectivity index (χ2n) is 1.84. The average molecular weight is 163 g/mol. The average Bonchev–Trinajstić information content (AvgIpc) is 2.11. The van der Waals surface area contributed by atoms with Gasteiger partial charge in [-0.2, -0.15) is 4.31 Å². The Balaban J connectivity index is 2.93. The lowest BCUT2D eigenvalue weighted by molar-refractivity contribution is -0.132. The van der Waals surface area contributed by atoms with Gasteiger partial charge < -0.3 is 0 Å². The normalized spacial score (nSPS) is 19.1. The topological polar surface area (TPSA) is 71.5 Å². The SMILES string of the molecule is O=C1CCC(=O)N1[SH](=O)=O. The van der Waals surface area contributed by atoms with E-state index in [1.807, 2.05) is 0 Å². The number of hydrogen-bond acceptors (Lipinski definition) is 4. The summed E-state index contributed by atoms with van der Waals surface area (Å²) in [5.74, 6) is -1.25. The molecule has 0 atom stereocenters. The highest BCUT2D eigenvalue weighted by Gasteiger charge is 2.30. The zero-order chi connectivity index (χ0) is 7.72. The number of thiol groups is 1. The molecule has 1 rings (SSSR count). The Hall–Kier alpha value is -0.910. The maximum Gasteiger partial charge on any atom is 0.243 e. The third-order valence-corrected chi connectivity index (χ3v) is 1.96. The molecule has 10 heavy (non-hydrogen) atoms. The standard InChI is InChI=1S/C4H5NO4S/c6-3-1-2-4(7)5(3)10(8)9/h10H,1-2H2. The Bertz CT molecular complexity index is 232. The highest BCUT2D eigenvalue weighted by atomic mass is 32.2. The first-order valence-corrected chi connectivity index (χ1v) is 3.76. The van der Waals surface area contributed by atoms with Crippen LogP contribution in [0.15, 0.2) is 0 Å². The molecule has 1 fully saturated rings. The van der Waals surface area contributed by atoms with E-state index in [0.717, 1.165) is 0 Å². The van der Waals surface area contributed by atoms with Crippen LogP contribution in [0.25, 0.3) is 0 Å². The van der Waals surface area contributed by atoms with E-state index < -0.39 is 22.7 Å². The van der Waals surface area contributed by atoms with Crippen LogP contribution < -0.4 is 0 Å². The smallest absolute Gasteiger partial charge is 0.243 e. The molecule has 0 bridgehead atoms. The highest BCUT2D eigenvalue weighted by Crippen LogP contribution is 2.10. The molecular weight excluding hydrogens is 158 g/mol. The molecule has 1 heterocycles. The number of hydrogen-bond donors (Lipinski definition) is 1. The van der Waals surface area contributed by atoms with E-state index >= 15 is 0 Å². The van der Waals surface area contributed by atoms with Gasteiger partial charge in [-0.1, -0.05) is 0 Å². The van der Waals surface area contributed by atoms with E-state index in [9.17, 15) is 18.0 Å². The monoisotopic (exact) mass is 163 g/mol. The molecule has 0 saturated carbocycles. The Morgan fingerprint density at radius 2 is 1.50 bits per heavy atom. The van der Waals surface area contributed by atoms with Gasteiger partial charge in [0.2, 0.25) is 22.7 Å². The molecule has 1 aliphatic heterocycles. The number of imide groups is 1. The molecule has 2 amide bonds. The van der Waals surface area contributed by atoms with Crippen molar-refractivity contribution in [3.63, 3.8) is 0 Å². The van der Waals surface area contributed by atoms with Crippen LogP contribution in [0.5, 0.6) is 0 Å². The van der Waals surface area contributed by atoms with Crippen LogP contribution >= 0.6 is 0 Å². The quantitative estimate of drug-likeness (QED) is 0.383. The summed E-state index contributed by atoms with van der Waals surface area (Å²) < 4.78 is 20.6. The van der Waals surface area contributed by atoms with Gasteiger partial charge in [0.25, 0.3) is 0 Å². The number of carbonyl (C=O) groups is 2. The molecule has 1 saturated heterocycles. The van der Waals surface area contributed by atoms with E-state index in [-0.39, 0.29) is 17.1 Å². The van der Waals surface area contributed by atoms with Gasteiger partial charge in [0.1, 0.15) is 0 Å².